The molecule has 126 valence electrons. The third-order valence-electron chi connectivity index (χ3n) is 4.28. The van der Waals surface area contributed by atoms with Crippen molar-refractivity contribution in [1.82, 2.24) is 30.4 Å². The molecule has 0 bridgehead atoms. The average Bonchev–Trinajstić information content (AvgIpc) is 3.16. The highest BCUT2D eigenvalue weighted by atomic mass is 16.2. The van der Waals surface area contributed by atoms with E-state index in [4.69, 9.17) is 0 Å². The highest BCUT2D eigenvalue weighted by Crippen LogP contribution is 2.19. The van der Waals surface area contributed by atoms with Gasteiger partial charge in [0.2, 0.25) is 11.8 Å². The van der Waals surface area contributed by atoms with E-state index in [0.717, 1.165) is 30.5 Å². The fourth-order valence-electron chi connectivity index (χ4n) is 2.99. The fraction of sp³-hybridized carbons (Fsp3) is 0.438. The van der Waals surface area contributed by atoms with E-state index in [1.54, 1.807) is 16.6 Å². The molecule has 0 radical (unpaired) electrons. The van der Waals surface area contributed by atoms with Crippen molar-refractivity contribution >= 4 is 11.8 Å². The zero-order chi connectivity index (χ0) is 16.9. The first-order valence-electron chi connectivity index (χ1n) is 8.02. The lowest BCUT2D eigenvalue weighted by molar-refractivity contribution is -0.141. The van der Waals surface area contributed by atoms with Gasteiger partial charge in [0.25, 0.3) is 0 Å². The molecule has 1 unspecified atom stereocenters. The normalized spacial score (nSPS) is 17.5. The van der Waals surface area contributed by atoms with Crippen LogP contribution in [0.3, 0.4) is 0 Å². The topological polar surface area (TPSA) is 93.0 Å². The van der Waals surface area contributed by atoms with Crippen LogP contribution in [0.5, 0.6) is 0 Å². The SMILES string of the molecule is CNC(=O)C1CCCCN1C(=O)Cc1ccc(-n2cnnn2)cc1. The second-order valence-corrected chi connectivity index (χ2v) is 5.81. The molecule has 1 atom stereocenters. The monoisotopic (exact) mass is 328 g/mol. The summed E-state index contributed by atoms with van der Waals surface area (Å²) in [4.78, 5) is 26.3. The van der Waals surface area contributed by atoms with Gasteiger partial charge in [-0.2, -0.15) is 0 Å². The van der Waals surface area contributed by atoms with Gasteiger partial charge in [0.05, 0.1) is 12.1 Å². The molecule has 2 aromatic rings. The zero-order valence-electron chi connectivity index (χ0n) is 13.6. The highest BCUT2D eigenvalue weighted by Gasteiger charge is 2.31. The Morgan fingerprint density at radius 2 is 2.04 bits per heavy atom. The number of tetrazole rings is 1. The van der Waals surface area contributed by atoms with Crippen molar-refractivity contribution in [2.75, 3.05) is 13.6 Å². The van der Waals surface area contributed by atoms with Crippen LogP contribution < -0.4 is 5.32 Å². The molecule has 1 aliphatic heterocycles. The first-order valence-corrected chi connectivity index (χ1v) is 8.02. The third kappa shape index (κ3) is 3.42. The Labute approximate surface area is 139 Å². The maximum atomic E-state index is 12.6. The van der Waals surface area contributed by atoms with Crippen LogP contribution in [0.4, 0.5) is 0 Å². The molecule has 8 heteroatoms. The van der Waals surface area contributed by atoms with Crippen LogP contribution in [0.25, 0.3) is 5.69 Å². The van der Waals surface area contributed by atoms with E-state index >= 15 is 0 Å². The standard InChI is InChI=1S/C16H20N6O2/c1-17-16(24)14-4-2-3-9-21(14)15(23)10-12-5-7-13(8-6-12)22-11-18-19-20-22/h5-8,11,14H,2-4,9-10H2,1H3,(H,17,24). The predicted molar refractivity (Wildman–Crippen MR) is 86.3 cm³/mol. The van der Waals surface area contributed by atoms with Gasteiger partial charge < -0.3 is 10.2 Å². The van der Waals surface area contributed by atoms with Crippen LogP contribution >= 0.6 is 0 Å². The lowest BCUT2D eigenvalue weighted by atomic mass is 10.00. The van der Waals surface area contributed by atoms with Gasteiger partial charge in [0.15, 0.2) is 0 Å². The first-order chi connectivity index (χ1) is 11.7. The molecule has 2 amide bonds. The molecule has 0 saturated carbocycles. The minimum atomic E-state index is -0.350. The van der Waals surface area contributed by atoms with E-state index in [2.05, 4.69) is 20.8 Å². The second kappa shape index (κ2) is 7.20. The molecule has 8 nitrogen and oxygen atoms in total. The molecule has 2 heterocycles. The maximum Gasteiger partial charge on any atom is 0.242 e. The average molecular weight is 328 g/mol. The molecule has 1 aromatic carbocycles. The molecule has 0 aliphatic carbocycles. The summed E-state index contributed by atoms with van der Waals surface area (Å²) in [5.74, 6) is -0.101. The number of carbonyl (C=O) groups is 2. The van der Waals surface area contributed by atoms with Gasteiger partial charge in [0.1, 0.15) is 12.4 Å². The largest absolute Gasteiger partial charge is 0.357 e. The summed E-state index contributed by atoms with van der Waals surface area (Å²) in [5, 5.41) is 13.7. The quantitative estimate of drug-likeness (QED) is 0.873. The van der Waals surface area contributed by atoms with Crippen LogP contribution in [0.2, 0.25) is 0 Å². The van der Waals surface area contributed by atoms with Gasteiger partial charge >= 0.3 is 0 Å². The number of amides is 2. The number of hydrogen-bond acceptors (Lipinski definition) is 5. The number of benzene rings is 1. The Bertz CT molecular complexity index is 698. The van der Waals surface area contributed by atoms with Crippen LogP contribution in [0.1, 0.15) is 24.8 Å². The molecule has 1 N–H and O–H groups in total. The first kappa shape index (κ1) is 16.1. The van der Waals surface area contributed by atoms with Gasteiger partial charge in [-0.3, -0.25) is 9.59 Å². The van der Waals surface area contributed by atoms with E-state index in [9.17, 15) is 9.59 Å². The third-order valence-corrected chi connectivity index (χ3v) is 4.28. The molecule has 1 aromatic heterocycles. The molecule has 1 fully saturated rings. The number of nitrogens with one attached hydrogen (secondary N) is 1. The van der Waals surface area contributed by atoms with Crippen molar-refractivity contribution in [3.63, 3.8) is 0 Å². The van der Waals surface area contributed by atoms with Gasteiger partial charge in [-0.05, 0) is 47.4 Å². The lowest BCUT2D eigenvalue weighted by Gasteiger charge is -2.34. The Hall–Kier alpha value is -2.77. The summed E-state index contributed by atoms with van der Waals surface area (Å²) in [7, 11) is 1.61. The minimum absolute atomic E-state index is 0.0153. The van der Waals surface area contributed by atoms with Crippen molar-refractivity contribution < 1.29 is 9.59 Å². The van der Waals surface area contributed by atoms with Crippen molar-refractivity contribution in [2.45, 2.75) is 31.7 Å². The molecule has 3 rings (SSSR count). The minimum Gasteiger partial charge on any atom is -0.357 e. The summed E-state index contributed by atoms with van der Waals surface area (Å²) >= 11 is 0. The van der Waals surface area contributed by atoms with E-state index in [1.165, 1.54) is 6.33 Å². The summed E-state index contributed by atoms with van der Waals surface area (Å²) in [6, 6.07) is 7.15. The van der Waals surface area contributed by atoms with Crippen molar-refractivity contribution in [3.8, 4) is 5.69 Å². The number of likely N-dealkylation sites (N-methyl/N-ethyl adjacent to an activating group) is 1. The Morgan fingerprint density at radius 1 is 1.25 bits per heavy atom. The van der Waals surface area contributed by atoms with E-state index < -0.39 is 0 Å². The van der Waals surface area contributed by atoms with Crippen molar-refractivity contribution in [2.24, 2.45) is 0 Å². The van der Waals surface area contributed by atoms with Crippen LogP contribution in [0, 0.1) is 0 Å². The summed E-state index contributed by atoms with van der Waals surface area (Å²) in [6.07, 6.45) is 4.44. The van der Waals surface area contributed by atoms with Gasteiger partial charge in [-0.15, -0.1) is 5.10 Å². The molecule has 1 aliphatic rings. The molecular weight excluding hydrogens is 308 g/mol. The number of rotatable bonds is 4. The highest BCUT2D eigenvalue weighted by molar-refractivity contribution is 5.88. The number of nitrogens with zero attached hydrogens (tertiary/aromatic N) is 5. The maximum absolute atomic E-state index is 12.6. The van der Waals surface area contributed by atoms with E-state index in [0.29, 0.717) is 6.54 Å². The number of hydrogen-bond donors (Lipinski definition) is 1. The summed E-state index contributed by atoms with van der Waals surface area (Å²) in [5.41, 5.74) is 1.73. The van der Waals surface area contributed by atoms with Crippen LogP contribution in [0.15, 0.2) is 30.6 Å². The summed E-state index contributed by atoms with van der Waals surface area (Å²) in [6.45, 7) is 0.639. The molecule has 1 saturated heterocycles. The Morgan fingerprint density at radius 3 is 2.71 bits per heavy atom. The number of piperidine rings is 1. The van der Waals surface area contributed by atoms with Gasteiger partial charge in [0, 0.05) is 13.6 Å². The smallest absolute Gasteiger partial charge is 0.242 e. The Balaban J connectivity index is 1.68. The van der Waals surface area contributed by atoms with Crippen molar-refractivity contribution in [1.29, 1.82) is 0 Å². The summed E-state index contributed by atoms with van der Waals surface area (Å²) < 4.78 is 1.55. The number of aromatic nitrogens is 4. The van der Waals surface area contributed by atoms with Gasteiger partial charge in [-0.25, -0.2) is 4.68 Å². The number of carbonyl (C=O) groups excluding carboxylic acids is 2. The zero-order valence-corrected chi connectivity index (χ0v) is 13.6. The van der Waals surface area contributed by atoms with Crippen molar-refractivity contribution in [3.05, 3.63) is 36.2 Å². The number of likely N-dealkylation sites (tertiary alicyclic amines) is 1. The van der Waals surface area contributed by atoms with E-state index in [1.807, 2.05) is 24.3 Å². The van der Waals surface area contributed by atoms with E-state index in [-0.39, 0.29) is 24.3 Å². The molecular formula is C16H20N6O2. The van der Waals surface area contributed by atoms with Gasteiger partial charge in [-0.1, -0.05) is 12.1 Å². The second-order valence-electron chi connectivity index (χ2n) is 5.81. The lowest BCUT2D eigenvalue weighted by Crippen LogP contribution is -2.51. The predicted octanol–water partition coefficient (Wildman–Crippen LogP) is 0.332. The fourth-order valence-corrected chi connectivity index (χ4v) is 2.99. The molecule has 0 spiro atoms. The molecule has 24 heavy (non-hydrogen) atoms. The Kier molecular flexibility index (Phi) is 4.83. The van der Waals surface area contributed by atoms with Crippen LogP contribution in [-0.4, -0.2) is 56.6 Å². The van der Waals surface area contributed by atoms with Crippen LogP contribution in [-0.2, 0) is 16.0 Å².